The molecule has 1 aliphatic carbocycles. The first-order chi connectivity index (χ1) is 10.5. The molecule has 1 aromatic rings. The molecule has 0 radical (unpaired) electrons. The van der Waals surface area contributed by atoms with E-state index in [1.807, 2.05) is 0 Å². The van der Waals surface area contributed by atoms with Crippen molar-refractivity contribution in [2.75, 3.05) is 6.61 Å². The minimum Gasteiger partial charge on any atom is -0.502 e. The summed E-state index contributed by atoms with van der Waals surface area (Å²) in [4.78, 5) is 22.3. The molecule has 1 saturated heterocycles. The Morgan fingerprint density at radius 2 is 2.14 bits per heavy atom. The number of nitro groups is 1. The fraction of sp³-hybridized carbons (Fsp3) is 0.533. The molecule has 2 fully saturated rings. The molecule has 1 aliphatic heterocycles. The van der Waals surface area contributed by atoms with Crippen molar-refractivity contribution in [1.29, 1.82) is 0 Å². The van der Waals surface area contributed by atoms with Crippen LogP contribution < -0.4 is 5.32 Å². The molecule has 1 saturated carbocycles. The first-order valence-corrected chi connectivity index (χ1v) is 7.44. The van der Waals surface area contributed by atoms with Crippen molar-refractivity contribution in [3.05, 3.63) is 33.9 Å². The highest BCUT2D eigenvalue weighted by Crippen LogP contribution is 2.38. The molecule has 2 unspecified atom stereocenters. The lowest BCUT2D eigenvalue weighted by molar-refractivity contribution is -0.385. The van der Waals surface area contributed by atoms with Crippen molar-refractivity contribution in [3.63, 3.8) is 0 Å². The van der Waals surface area contributed by atoms with E-state index in [0.29, 0.717) is 12.5 Å². The lowest BCUT2D eigenvalue weighted by Crippen LogP contribution is -2.42. The molecule has 1 heterocycles. The molecule has 0 bridgehead atoms. The standard InChI is InChI=1S/C15H18N2O5/c18-13-4-3-10(7-12(13)17(20)21)15(19)16-11-5-6-22-14(8-11)9-1-2-9/h3-4,7,9,11,14,18H,1-2,5-6,8H2,(H,16,19). The fourth-order valence-corrected chi connectivity index (χ4v) is 2.84. The molecule has 118 valence electrons. The Morgan fingerprint density at radius 1 is 1.36 bits per heavy atom. The van der Waals surface area contributed by atoms with Crippen LogP contribution in [0.4, 0.5) is 5.69 Å². The predicted molar refractivity (Wildman–Crippen MR) is 77.7 cm³/mol. The number of nitrogens with one attached hydrogen (secondary N) is 1. The van der Waals surface area contributed by atoms with Gasteiger partial charge in [0.25, 0.3) is 5.91 Å². The zero-order valence-corrected chi connectivity index (χ0v) is 12.0. The van der Waals surface area contributed by atoms with E-state index in [1.54, 1.807) is 0 Å². The van der Waals surface area contributed by atoms with Crippen molar-refractivity contribution in [1.82, 2.24) is 5.32 Å². The first kappa shape index (κ1) is 14.8. The van der Waals surface area contributed by atoms with Crippen molar-refractivity contribution < 1.29 is 19.6 Å². The van der Waals surface area contributed by atoms with Gasteiger partial charge in [0.15, 0.2) is 5.75 Å². The maximum absolute atomic E-state index is 12.2. The average Bonchev–Trinajstić information content (AvgIpc) is 3.32. The van der Waals surface area contributed by atoms with Crippen LogP contribution in [0.1, 0.15) is 36.0 Å². The Bertz CT molecular complexity index is 600. The second-order valence-corrected chi connectivity index (χ2v) is 5.90. The van der Waals surface area contributed by atoms with Gasteiger partial charge in [-0.3, -0.25) is 14.9 Å². The maximum atomic E-state index is 12.2. The van der Waals surface area contributed by atoms with Crippen LogP contribution in [0.25, 0.3) is 0 Å². The molecule has 2 N–H and O–H groups in total. The van der Waals surface area contributed by atoms with E-state index in [1.165, 1.54) is 25.0 Å². The van der Waals surface area contributed by atoms with Gasteiger partial charge in [0.05, 0.1) is 11.0 Å². The van der Waals surface area contributed by atoms with E-state index in [0.717, 1.165) is 18.9 Å². The summed E-state index contributed by atoms with van der Waals surface area (Å²) in [6, 6.07) is 3.68. The van der Waals surface area contributed by atoms with Crippen LogP contribution in [0.3, 0.4) is 0 Å². The van der Waals surface area contributed by atoms with Gasteiger partial charge < -0.3 is 15.2 Å². The Hall–Kier alpha value is -2.15. The van der Waals surface area contributed by atoms with Gasteiger partial charge in [0.1, 0.15) is 0 Å². The average molecular weight is 306 g/mol. The number of aromatic hydroxyl groups is 1. The smallest absolute Gasteiger partial charge is 0.311 e. The van der Waals surface area contributed by atoms with Gasteiger partial charge in [-0.05, 0) is 43.7 Å². The van der Waals surface area contributed by atoms with Crippen LogP contribution in [-0.2, 0) is 4.74 Å². The van der Waals surface area contributed by atoms with Crippen LogP contribution in [0.15, 0.2) is 18.2 Å². The summed E-state index contributed by atoms with van der Waals surface area (Å²) in [6.45, 7) is 0.627. The van der Waals surface area contributed by atoms with Crippen LogP contribution in [-0.4, -0.2) is 34.7 Å². The molecule has 0 aromatic heterocycles. The Balaban J connectivity index is 1.66. The number of carbonyl (C=O) groups is 1. The molecular weight excluding hydrogens is 288 g/mol. The van der Waals surface area contributed by atoms with Crippen molar-refractivity contribution in [3.8, 4) is 5.75 Å². The highest BCUT2D eigenvalue weighted by Gasteiger charge is 2.36. The number of ether oxygens (including phenoxy) is 1. The van der Waals surface area contributed by atoms with Crippen molar-refractivity contribution in [2.24, 2.45) is 5.92 Å². The monoisotopic (exact) mass is 306 g/mol. The zero-order chi connectivity index (χ0) is 15.7. The van der Waals surface area contributed by atoms with E-state index < -0.39 is 16.4 Å². The van der Waals surface area contributed by atoms with Crippen LogP contribution >= 0.6 is 0 Å². The number of nitro benzene ring substituents is 1. The van der Waals surface area contributed by atoms with Crippen LogP contribution in [0.2, 0.25) is 0 Å². The number of amides is 1. The highest BCUT2D eigenvalue weighted by molar-refractivity contribution is 5.95. The molecule has 0 spiro atoms. The van der Waals surface area contributed by atoms with Gasteiger partial charge in [0.2, 0.25) is 0 Å². The lowest BCUT2D eigenvalue weighted by Gasteiger charge is -2.30. The molecular formula is C15H18N2O5. The Labute approximate surface area is 127 Å². The largest absolute Gasteiger partial charge is 0.502 e. The van der Waals surface area contributed by atoms with Crippen LogP contribution in [0, 0.1) is 16.0 Å². The number of hydrogen-bond acceptors (Lipinski definition) is 5. The SMILES string of the molecule is O=C(NC1CCOC(C2CC2)C1)c1ccc(O)c([N+](=O)[O-])c1. The summed E-state index contributed by atoms with van der Waals surface area (Å²) in [6.07, 6.45) is 4.13. The van der Waals surface area contributed by atoms with Gasteiger partial charge in [0, 0.05) is 24.3 Å². The number of nitrogens with zero attached hydrogens (tertiary/aromatic N) is 1. The molecule has 22 heavy (non-hydrogen) atoms. The summed E-state index contributed by atoms with van der Waals surface area (Å²) < 4.78 is 5.71. The van der Waals surface area contributed by atoms with E-state index in [-0.39, 0.29) is 23.6 Å². The van der Waals surface area contributed by atoms with E-state index in [4.69, 9.17) is 4.74 Å². The number of carbonyl (C=O) groups excluding carboxylic acids is 1. The summed E-state index contributed by atoms with van der Waals surface area (Å²) >= 11 is 0. The lowest BCUT2D eigenvalue weighted by atomic mass is 9.99. The van der Waals surface area contributed by atoms with E-state index >= 15 is 0 Å². The third kappa shape index (κ3) is 3.19. The van der Waals surface area contributed by atoms with Gasteiger partial charge in [-0.25, -0.2) is 0 Å². The zero-order valence-electron chi connectivity index (χ0n) is 12.0. The topological polar surface area (TPSA) is 102 Å². The Kier molecular flexibility index (Phi) is 3.98. The minimum atomic E-state index is -0.705. The number of rotatable bonds is 4. The number of benzene rings is 1. The fourth-order valence-electron chi connectivity index (χ4n) is 2.84. The van der Waals surface area contributed by atoms with Gasteiger partial charge in [-0.1, -0.05) is 0 Å². The van der Waals surface area contributed by atoms with Gasteiger partial charge >= 0.3 is 5.69 Å². The second kappa shape index (κ2) is 5.92. The number of hydrogen-bond donors (Lipinski definition) is 2. The molecule has 2 atom stereocenters. The molecule has 2 aliphatic rings. The van der Waals surface area contributed by atoms with Crippen molar-refractivity contribution >= 4 is 11.6 Å². The summed E-state index contributed by atoms with van der Waals surface area (Å²) in [5.74, 6) is -0.180. The normalized spacial score (nSPS) is 24.7. The minimum absolute atomic E-state index is 0.0275. The summed E-state index contributed by atoms with van der Waals surface area (Å²) in [5.41, 5.74) is -0.283. The number of phenolic OH excluding ortho intramolecular Hbond substituents is 1. The molecule has 7 nitrogen and oxygen atoms in total. The van der Waals surface area contributed by atoms with Crippen LogP contribution in [0.5, 0.6) is 5.75 Å². The van der Waals surface area contributed by atoms with Crippen molar-refractivity contribution in [2.45, 2.75) is 37.8 Å². The second-order valence-electron chi connectivity index (χ2n) is 5.90. The van der Waals surface area contributed by atoms with Gasteiger partial charge in [-0.2, -0.15) is 0 Å². The molecule has 7 heteroatoms. The molecule has 1 amide bonds. The van der Waals surface area contributed by atoms with Gasteiger partial charge in [-0.15, -0.1) is 0 Å². The van der Waals surface area contributed by atoms with E-state index in [9.17, 15) is 20.0 Å². The molecule has 3 rings (SSSR count). The van der Waals surface area contributed by atoms with E-state index in [2.05, 4.69) is 5.32 Å². The number of phenols is 1. The third-order valence-corrected chi connectivity index (χ3v) is 4.23. The summed E-state index contributed by atoms with van der Waals surface area (Å²) in [7, 11) is 0. The predicted octanol–water partition coefficient (Wildman–Crippen LogP) is 1.99. The Morgan fingerprint density at radius 3 is 2.82 bits per heavy atom. The maximum Gasteiger partial charge on any atom is 0.311 e. The third-order valence-electron chi connectivity index (χ3n) is 4.23. The summed E-state index contributed by atoms with van der Waals surface area (Å²) in [5, 5.41) is 23.1. The molecule has 1 aromatic carbocycles. The quantitative estimate of drug-likeness (QED) is 0.654. The highest BCUT2D eigenvalue weighted by atomic mass is 16.6. The first-order valence-electron chi connectivity index (χ1n) is 7.44.